The first-order valence-electron chi connectivity index (χ1n) is 8.70. The molecule has 2 aliphatic heterocycles. The van der Waals surface area contributed by atoms with Crippen molar-refractivity contribution < 1.29 is 0 Å². The van der Waals surface area contributed by atoms with E-state index in [4.69, 9.17) is 5.73 Å². The van der Waals surface area contributed by atoms with Crippen molar-refractivity contribution in [1.29, 1.82) is 0 Å². The Labute approximate surface area is 131 Å². The van der Waals surface area contributed by atoms with Crippen molar-refractivity contribution in [3.05, 3.63) is 0 Å². The van der Waals surface area contributed by atoms with E-state index in [1.54, 1.807) is 0 Å². The van der Waals surface area contributed by atoms with Crippen LogP contribution in [0.2, 0.25) is 0 Å². The van der Waals surface area contributed by atoms with Crippen LogP contribution in [0, 0.1) is 5.92 Å². The summed E-state index contributed by atoms with van der Waals surface area (Å²) in [5.41, 5.74) is 6.58. The number of nitrogens with two attached hydrogens (primary N) is 1. The van der Waals surface area contributed by atoms with Gasteiger partial charge in [-0.1, -0.05) is 13.8 Å². The molecule has 2 atom stereocenters. The van der Waals surface area contributed by atoms with Crippen molar-refractivity contribution >= 4 is 0 Å². The molecule has 21 heavy (non-hydrogen) atoms. The lowest BCUT2D eigenvalue weighted by molar-refractivity contribution is -0.00796. The molecular formula is C17H36N4. The second-order valence-corrected chi connectivity index (χ2v) is 8.03. The highest BCUT2D eigenvalue weighted by atomic mass is 15.3. The molecule has 2 N–H and O–H groups in total. The maximum absolute atomic E-state index is 6.35. The molecule has 2 heterocycles. The maximum Gasteiger partial charge on any atom is 0.0362 e. The van der Waals surface area contributed by atoms with Gasteiger partial charge in [0.1, 0.15) is 0 Å². The molecule has 2 unspecified atom stereocenters. The zero-order chi connectivity index (χ0) is 15.6. The van der Waals surface area contributed by atoms with Crippen LogP contribution in [0.1, 0.15) is 39.5 Å². The molecule has 0 saturated carbocycles. The molecule has 124 valence electrons. The molecule has 2 rings (SSSR count). The smallest absolute Gasteiger partial charge is 0.0362 e. The Bertz CT molecular complexity index is 315. The molecular weight excluding hydrogens is 260 g/mol. The Kier molecular flexibility index (Phi) is 5.69. The summed E-state index contributed by atoms with van der Waals surface area (Å²) >= 11 is 0. The van der Waals surface area contributed by atoms with Crippen LogP contribution >= 0.6 is 0 Å². The molecule has 0 amide bonds. The summed E-state index contributed by atoms with van der Waals surface area (Å²) in [5, 5.41) is 0. The highest BCUT2D eigenvalue weighted by Gasteiger charge is 2.48. The number of fused-ring (bicyclic) bond motifs is 2. The number of hydrogen-bond donors (Lipinski definition) is 1. The van der Waals surface area contributed by atoms with Crippen molar-refractivity contribution in [2.75, 3.05) is 47.3 Å². The van der Waals surface area contributed by atoms with Crippen molar-refractivity contribution in [3.63, 3.8) is 0 Å². The van der Waals surface area contributed by atoms with Gasteiger partial charge in [-0.15, -0.1) is 0 Å². The molecule has 0 aliphatic carbocycles. The van der Waals surface area contributed by atoms with Crippen LogP contribution in [-0.4, -0.2) is 79.6 Å². The average Bonchev–Trinajstić information content (AvgIpc) is 2.65. The van der Waals surface area contributed by atoms with Gasteiger partial charge in [-0.25, -0.2) is 0 Å². The molecule has 0 spiro atoms. The number of nitrogens with zero attached hydrogens (tertiary/aromatic N) is 3. The van der Waals surface area contributed by atoms with Crippen LogP contribution < -0.4 is 5.73 Å². The highest BCUT2D eigenvalue weighted by molar-refractivity contribution is 5.06. The third-order valence-electron chi connectivity index (χ3n) is 5.67. The molecule has 4 heteroatoms. The van der Waals surface area contributed by atoms with E-state index < -0.39 is 0 Å². The third-order valence-corrected chi connectivity index (χ3v) is 5.67. The summed E-state index contributed by atoms with van der Waals surface area (Å²) < 4.78 is 0. The van der Waals surface area contributed by atoms with Crippen LogP contribution in [0.25, 0.3) is 0 Å². The summed E-state index contributed by atoms with van der Waals surface area (Å²) in [6, 6.07) is 1.50. The van der Waals surface area contributed by atoms with E-state index in [1.807, 2.05) is 0 Å². The Hall–Kier alpha value is -0.160. The fraction of sp³-hybridized carbons (Fsp3) is 1.00. The van der Waals surface area contributed by atoms with Gasteiger partial charge in [0.15, 0.2) is 0 Å². The normalized spacial score (nSPS) is 33.6. The molecule has 2 aliphatic rings. The van der Waals surface area contributed by atoms with Crippen LogP contribution in [0.4, 0.5) is 0 Å². The van der Waals surface area contributed by atoms with E-state index in [2.05, 4.69) is 49.7 Å². The maximum atomic E-state index is 6.35. The van der Waals surface area contributed by atoms with E-state index in [1.165, 1.54) is 32.2 Å². The Morgan fingerprint density at radius 3 is 2.14 bits per heavy atom. The van der Waals surface area contributed by atoms with Crippen molar-refractivity contribution in [3.8, 4) is 0 Å². The van der Waals surface area contributed by atoms with Crippen molar-refractivity contribution in [2.24, 2.45) is 11.7 Å². The van der Waals surface area contributed by atoms with E-state index in [9.17, 15) is 0 Å². The number of likely N-dealkylation sites (N-methyl/N-ethyl adjacent to an activating group) is 1. The van der Waals surface area contributed by atoms with Gasteiger partial charge >= 0.3 is 0 Å². The van der Waals surface area contributed by atoms with Gasteiger partial charge in [0.2, 0.25) is 0 Å². The summed E-state index contributed by atoms with van der Waals surface area (Å²) in [4.78, 5) is 7.64. The molecule has 2 fully saturated rings. The van der Waals surface area contributed by atoms with Gasteiger partial charge in [-0.2, -0.15) is 0 Å². The fourth-order valence-electron chi connectivity index (χ4n) is 4.38. The molecule has 0 aromatic heterocycles. The molecule has 2 bridgehead atoms. The predicted molar refractivity (Wildman–Crippen MR) is 90.6 cm³/mol. The summed E-state index contributed by atoms with van der Waals surface area (Å²) in [7, 11) is 6.65. The molecule has 2 saturated heterocycles. The number of rotatable bonds is 7. The van der Waals surface area contributed by atoms with Crippen LogP contribution in [0.15, 0.2) is 0 Å². The SMILES string of the molecule is CC(C)CN(CCN(C)C)C1(CN)CC2CCC(C1)N2C. The summed E-state index contributed by atoms with van der Waals surface area (Å²) in [6.45, 7) is 8.92. The van der Waals surface area contributed by atoms with Gasteiger partial charge in [-0.05, 0) is 52.7 Å². The first-order chi connectivity index (χ1) is 9.88. The minimum absolute atomic E-state index is 0.235. The van der Waals surface area contributed by atoms with Crippen LogP contribution in [-0.2, 0) is 0 Å². The lowest BCUT2D eigenvalue weighted by Gasteiger charge is -2.52. The second-order valence-electron chi connectivity index (χ2n) is 8.03. The number of hydrogen-bond acceptors (Lipinski definition) is 4. The third kappa shape index (κ3) is 3.79. The van der Waals surface area contributed by atoms with E-state index >= 15 is 0 Å². The van der Waals surface area contributed by atoms with Gasteiger partial charge in [-0.3, -0.25) is 4.90 Å². The summed E-state index contributed by atoms with van der Waals surface area (Å²) in [5.74, 6) is 0.702. The van der Waals surface area contributed by atoms with E-state index in [0.29, 0.717) is 5.92 Å². The average molecular weight is 297 g/mol. The van der Waals surface area contributed by atoms with E-state index in [-0.39, 0.29) is 5.54 Å². The Balaban J connectivity index is 2.14. The van der Waals surface area contributed by atoms with Gasteiger partial charge in [0.25, 0.3) is 0 Å². The lowest BCUT2D eigenvalue weighted by atomic mass is 9.80. The topological polar surface area (TPSA) is 35.7 Å². The monoisotopic (exact) mass is 296 g/mol. The van der Waals surface area contributed by atoms with Crippen molar-refractivity contribution in [2.45, 2.75) is 57.2 Å². The fourth-order valence-corrected chi connectivity index (χ4v) is 4.38. The van der Waals surface area contributed by atoms with Gasteiger partial charge in [0, 0.05) is 43.8 Å². The molecule has 0 aromatic rings. The molecule has 4 nitrogen and oxygen atoms in total. The van der Waals surface area contributed by atoms with Gasteiger partial charge in [0.05, 0.1) is 0 Å². The first kappa shape index (κ1) is 17.2. The zero-order valence-electron chi connectivity index (χ0n) is 14.8. The van der Waals surface area contributed by atoms with Crippen LogP contribution in [0.5, 0.6) is 0 Å². The second kappa shape index (κ2) is 6.95. The number of piperidine rings is 1. The molecule has 0 aromatic carbocycles. The van der Waals surface area contributed by atoms with Crippen molar-refractivity contribution in [1.82, 2.24) is 14.7 Å². The first-order valence-corrected chi connectivity index (χ1v) is 8.70. The lowest BCUT2D eigenvalue weighted by Crippen LogP contribution is -2.63. The van der Waals surface area contributed by atoms with Crippen LogP contribution in [0.3, 0.4) is 0 Å². The highest BCUT2D eigenvalue weighted by Crippen LogP contribution is 2.42. The Morgan fingerprint density at radius 2 is 1.71 bits per heavy atom. The minimum Gasteiger partial charge on any atom is -0.329 e. The van der Waals surface area contributed by atoms with Gasteiger partial charge < -0.3 is 15.5 Å². The standard InChI is InChI=1S/C17H36N4/c1-14(2)12-21(9-8-19(3)4)17(13-18)10-15-6-7-16(11-17)20(15)5/h14-16H,6-13,18H2,1-5H3. The molecule has 0 radical (unpaired) electrons. The van der Waals surface area contributed by atoms with E-state index in [0.717, 1.165) is 31.7 Å². The quantitative estimate of drug-likeness (QED) is 0.771. The zero-order valence-corrected chi connectivity index (χ0v) is 14.8. The summed E-state index contributed by atoms with van der Waals surface area (Å²) in [6.07, 6.45) is 5.26. The largest absolute Gasteiger partial charge is 0.329 e. The predicted octanol–water partition coefficient (Wildman–Crippen LogP) is 1.46. The minimum atomic E-state index is 0.235. The Morgan fingerprint density at radius 1 is 1.14 bits per heavy atom.